The van der Waals surface area contributed by atoms with Gasteiger partial charge in [0.15, 0.2) is 11.0 Å². The van der Waals surface area contributed by atoms with Crippen LogP contribution in [0.5, 0.6) is 0 Å². The number of hydrogen-bond acceptors (Lipinski definition) is 4. The van der Waals surface area contributed by atoms with Crippen molar-refractivity contribution in [1.82, 2.24) is 14.8 Å². The Morgan fingerprint density at radius 2 is 2.09 bits per heavy atom. The second kappa shape index (κ2) is 7.15. The van der Waals surface area contributed by atoms with Crippen LogP contribution in [-0.2, 0) is 12.3 Å². The molecule has 0 saturated carbocycles. The Morgan fingerprint density at radius 1 is 1.26 bits per heavy atom. The van der Waals surface area contributed by atoms with Gasteiger partial charge in [-0.25, -0.2) is 0 Å². The number of allylic oxidation sites excluding steroid dienone is 1. The predicted octanol–water partition coefficient (Wildman–Crippen LogP) is 5.10. The first kappa shape index (κ1) is 16.0. The van der Waals surface area contributed by atoms with Crippen LogP contribution >= 0.6 is 23.1 Å². The van der Waals surface area contributed by atoms with Crippen LogP contribution in [0.15, 0.2) is 53.5 Å². The molecule has 3 aromatic rings. The number of thioether (sulfide) groups is 1. The number of rotatable bonds is 6. The minimum atomic E-state index is 0.716. The van der Waals surface area contributed by atoms with Crippen molar-refractivity contribution in [2.45, 2.75) is 31.3 Å². The van der Waals surface area contributed by atoms with Crippen LogP contribution in [0.3, 0.4) is 0 Å². The average molecular weight is 342 g/mol. The van der Waals surface area contributed by atoms with Crippen LogP contribution in [-0.4, -0.2) is 14.8 Å². The molecule has 0 spiro atoms. The smallest absolute Gasteiger partial charge is 0.192 e. The Bertz CT molecular complexity index is 817. The lowest BCUT2D eigenvalue weighted by Gasteiger charge is -2.08. The minimum absolute atomic E-state index is 0.716. The van der Waals surface area contributed by atoms with Crippen molar-refractivity contribution in [3.05, 3.63) is 64.4 Å². The van der Waals surface area contributed by atoms with Gasteiger partial charge in [0.25, 0.3) is 0 Å². The van der Waals surface area contributed by atoms with Gasteiger partial charge in [-0.1, -0.05) is 42.1 Å². The van der Waals surface area contributed by atoms with E-state index in [1.807, 2.05) is 6.08 Å². The Morgan fingerprint density at radius 3 is 2.78 bits per heavy atom. The van der Waals surface area contributed by atoms with E-state index < -0.39 is 0 Å². The zero-order valence-electron chi connectivity index (χ0n) is 13.3. The lowest BCUT2D eigenvalue weighted by Crippen LogP contribution is -2.00. The van der Waals surface area contributed by atoms with Crippen LogP contribution < -0.4 is 0 Å². The number of benzene rings is 1. The third kappa shape index (κ3) is 3.57. The van der Waals surface area contributed by atoms with E-state index in [9.17, 15) is 0 Å². The summed E-state index contributed by atoms with van der Waals surface area (Å²) >= 11 is 3.46. The van der Waals surface area contributed by atoms with Crippen molar-refractivity contribution in [3.63, 3.8) is 0 Å². The number of thiophene rings is 1. The summed E-state index contributed by atoms with van der Waals surface area (Å²) < 4.78 is 2.14. The number of aromatic nitrogens is 3. The van der Waals surface area contributed by atoms with E-state index in [-0.39, 0.29) is 0 Å². The van der Waals surface area contributed by atoms with E-state index in [2.05, 4.69) is 70.9 Å². The van der Waals surface area contributed by atoms with Gasteiger partial charge in [0.05, 0.1) is 0 Å². The molecule has 0 atom stereocenters. The van der Waals surface area contributed by atoms with Crippen molar-refractivity contribution in [2.75, 3.05) is 0 Å². The average Bonchev–Trinajstić information content (AvgIpc) is 3.13. The molecule has 0 unspecified atom stereocenters. The molecule has 2 heterocycles. The largest absolute Gasteiger partial charge is 0.298 e. The minimum Gasteiger partial charge on any atom is -0.298 e. The molecule has 0 radical (unpaired) electrons. The van der Waals surface area contributed by atoms with Gasteiger partial charge in [0, 0.05) is 28.1 Å². The first-order valence-electron chi connectivity index (χ1n) is 7.46. The van der Waals surface area contributed by atoms with Crippen molar-refractivity contribution in [2.24, 2.45) is 0 Å². The monoisotopic (exact) mass is 341 g/mol. The number of hydrogen-bond donors (Lipinski definition) is 0. The standard InChI is InChI=1S/C18H19N3S2/c1-4-9-21-17(16-10-14(3)22-12-16)19-20-18(21)23-11-15-8-6-5-7-13(15)2/h4-8,10,12H,1,9,11H2,2-3H3. The molecule has 2 aromatic heterocycles. The van der Waals surface area contributed by atoms with Gasteiger partial charge in [-0.05, 0) is 31.0 Å². The van der Waals surface area contributed by atoms with E-state index in [1.165, 1.54) is 16.0 Å². The fourth-order valence-corrected chi connectivity index (χ4v) is 4.08. The Kier molecular flexibility index (Phi) is 4.98. The van der Waals surface area contributed by atoms with Crippen LogP contribution in [0.25, 0.3) is 11.4 Å². The molecule has 0 aliphatic rings. The summed E-state index contributed by atoms with van der Waals surface area (Å²) in [7, 11) is 0. The second-order valence-electron chi connectivity index (χ2n) is 5.37. The zero-order chi connectivity index (χ0) is 16.2. The Balaban J connectivity index is 1.86. The molecule has 0 saturated heterocycles. The Hall–Kier alpha value is -1.85. The van der Waals surface area contributed by atoms with Gasteiger partial charge in [-0.3, -0.25) is 4.57 Å². The summed E-state index contributed by atoms with van der Waals surface area (Å²) in [6, 6.07) is 10.6. The van der Waals surface area contributed by atoms with Crippen LogP contribution in [0.1, 0.15) is 16.0 Å². The normalized spacial score (nSPS) is 10.9. The van der Waals surface area contributed by atoms with Crippen LogP contribution in [0.2, 0.25) is 0 Å². The Labute approximate surface area is 145 Å². The zero-order valence-corrected chi connectivity index (χ0v) is 15.0. The molecule has 23 heavy (non-hydrogen) atoms. The van der Waals surface area contributed by atoms with Crippen molar-refractivity contribution < 1.29 is 0 Å². The van der Waals surface area contributed by atoms with Gasteiger partial charge >= 0.3 is 0 Å². The summed E-state index contributed by atoms with van der Waals surface area (Å²) in [4.78, 5) is 1.28. The maximum Gasteiger partial charge on any atom is 0.192 e. The molecule has 0 amide bonds. The van der Waals surface area contributed by atoms with Crippen molar-refractivity contribution in [3.8, 4) is 11.4 Å². The molecule has 3 rings (SSSR count). The van der Waals surface area contributed by atoms with Gasteiger partial charge in [-0.15, -0.1) is 28.1 Å². The molecule has 5 heteroatoms. The topological polar surface area (TPSA) is 30.7 Å². The maximum absolute atomic E-state index is 4.40. The molecule has 0 aliphatic carbocycles. The predicted molar refractivity (Wildman–Crippen MR) is 99.0 cm³/mol. The first-order chi connectivity index (χ1) is 11.2. The van der Waals surface area contributed by atoms with Gasteiger partial charge in [0.1, 0.15) is 0 Å². The molecule has 0 N–H and O–H groups in total. The van der Waals surface area contributed by atoms with Crippen molar-refractivity contribution in [1.29, 1.82) is 0 Å². The highest BCUT2D eigenvalue weighted by Crippen LogP contribution is 2.29. The molecule has 0 aliphatic heterocycles. The SMILES string of the molecule is C=CCn1c(SCc2ccccc2C)nnc1-c1csc(C)c1. The summed E-state index contributed by atoms with van der Waals surface area (Å²) in [6.45, 7) is 8.83. The summed E-state index contributed by atoms with van der Waals surface area (Å²) in [6.07, 6.45) is 1.89. The second-order valence-corrected chi connectivity index (χ2v) is 7.42. The molecular weight excluding hydrogens is 322 g/mol. The van der Waals surface area contributed by atoms with E-state index in [1.54, 1.807) is 23.1 Å². The van der Waals surface area contributed by atoms with Crippen LogP contribution in [0.4, 0.5) is 0 Å². The fourth-order valence-electron chi connectivity index (χ4n) is 2.38. The molecule has 1 aromatic carbocycles. The molecule has 118 valence electrons. The lowest BCUT2D eigenvalue weighted by atomic mass is 10.1. The third-order valence-corrected chi connectivity index (χ3v) is 5.51. The fraction of sp³-hybridized carbons (Fsp3) is 0.222. The molecular formula is C18H19N3S2. The number of aryl methyl sites for hydroxylation is 2. The van der Waals surface area contributed by atoms with E-state index >= 15 is 0 Å². The highest BCUT2D eigenvalue weighted by Gasteiger charge is 2.14. The first-order valence-corrected chi connectivity index (χ1v) is 9.32. The van der Waals surface area contributed by atoms with Gasteiger partial charge in [0.2, 0.25) is 0 Å². The van der Waals surface area contributed by atoms with Crippen LogP contribution in [0, 0.1) is 13.8 Å². The van der Waals surface area contributed by atoms with Gasteiger partial charge < -0.3 is 0 Å². The van der Waals surface area contributed by atoms with E-state index in [0.29, 0.717) is 6.54 Å². The summed E-state index contributed by atoms with van der Waals surface area (Å²) in [5.41, 5.74) is 3.77. The highest BCUT2D eigenvalue weighted by molar-refractivity contribution is 7.98. The maximum atomic E-state index is 4.40. The summed E-state index contributed by atoms with van der Waals surface area (Å²) in [5.74, 6) is 1.81. The van der Waals surface area contributed by atoms with E-state index in [4.69, 9.17) is 0 Å². The highest BCUT2D eigenvalue weighted by atomic mass is 32.2. The van der Waals surface area contributed by atoms with Gasteiger partial charge in [-0.2, -0.15) is 0 Å². The molecule has 0 bridgehead atoms. The van der Waals surface area contributed by atoms with Crippen molar-refractivity contribution >= 4 is 23.1 Å². The molecule has 0 fully saturated rings. The number of nitrogens with zero attached hydrogens (tertiary/aromatic N) is 3. The lowest BCUT2D eigenvalue weighted by molar-refractivity contribution is 0.731. The third-order valence-electron chi connectivity index (χ3n) is 3.64. The molecule has 3 nitrogen and oxygen atoms in total. The quantitative estimate of drug-likeness (QED) is 0.461. The van der Waals surface area contributed by atoms with E-state index in [0.717, 1.165) is 22.3 Å². The summed E-state index contributed by atoms with van der Waals surface area (Å²) in [5, 5.41) is 11.9.